The van der Waals surface area contributed by atoms with Gasteiger partial charge in [0.1, 0.15) is 11.3 Å². The molecule has 0 amide bonds. The van der Waals surface area contributed by atoms with Crippen molar-refractivity contribution in [2.45, 2.75) is 45.2 Å². The summed E-state index contributed by atoms with van der Waals surface area (Å²) in [6, 6.07) is 9.39. The van der Waals surface area contributed by atoms with Gasteiger partial charge in [0.25, 0.3) is 0 Å². The van der Waals surface area contributed by atoms with Crippen molar-refractivity contribution in [3.63, 3.8) is 0 Å². The summed E-state index contributed by atoms with van der Waals surface area (Å²) in [4.78, 5) is 44.9. The van der Waals surface area contributed by atoms with Gasteiger partial charge in [-0.1, -0.05) is 37.3 Å². The van der Waals surface area contributed by atoms with E-state index in [4.69, 9.17) is 0 Å². The number of imidazole rings is 1. The molecule has 166 valence electrons. The van der Waals surface area contributed by atoms with Crippen LogP contribution in [0.25, 0.3) is 11.2 Å². The first-order chi connectivity index (χ1) is 15.0. The largest absolute Gasteiger partial charge is 0.394 e. The molecule has 0 aliphatic carbocycles. The molecule has 0 aliphatic heterocycles. The quantitative estimate of drug-likeness (QED) is 0.309. The molecule has 2 aromatic heterocycles. The third kappa shape index (κ3) is 5.68. The number of nitrogens with zero attached hydrogens (tertiary/aromatic N) is 3. The number of fused-ring (bicyclic) bond motifs is 1. The molecule has 10 heteroatoms. The topological polar surface area (TPSA) is 131 Å². The van der Waals surface area contributed by atoms with Crippen LogP contribution in [0.2, 0.25) is 0 Å². The van der Waals surface area contributed by atoms with Crippen LogP contribution in [0.3, 0.4) is 0 Å². The van der Waals surface area contributed by atoms with Crippen molar-refractivity contribution < 1.29 is 19.7 Å². The van der Waals surface area contributed by atoms with Gasteiger partial charge in [-0.2, -0.15) is 9.87 Å². The zero-order valence-electron chi connectivity index (χ0n) is 17.6. The highest BCUT2D eigenvalue weighted by Gasteiger charge is 2.19. The number of carbonyl (C=O) groups excluding carboxylic acids is 1. The maximum Gasteiger partial charge on any atom is 0.351 e. The van der Waals surface area contributed by atoms with E-state index in [1.807, 2.05) is 37.3 Å². The number of rotatable bonds is 11. The van der Waals surface area contributed by atoms with Crippen LogP contribution in [0, 0.1) is 0 Å². The smallest absolute Gasteiger partial charge is 0.351 e. The zero-order chi connectivity index (χ0) is 22.2. The van der Waals surface area contributed by atoms with Crippen molar-refractivity contribution in [1.29, 1.82) is 0 Å². The molecule has 0 saturated heterocycles. The number of aliphatic hydroxyl groups excluding tert-OH is 1. The average molecular weight is 429 g/mol. The Morgan fingerprint density at radius 2 is 2.06 bits per heavy atom. The second kappa shape index (κ2) is 10.7. The zero-order valence-corrected chi connectivity index (χ0v) is 17.6. The molecular formula is C21H27N5O5. The summed E-state index contributed by atoms with van der Waals surface area (Å²) in [5, 5.41) is 13.0. The van der Waals surface area contributed by atoms with E-state index in [0.29, 0.717) is 35.8 Å². The summed E-state index contributed by atoms with van der Waals surface area (Å²) in [7, 11) is 1.26. The van der Waals surface area contributed by atoms with E-state index in [-0.39, 0.29) is 25.5 Å². The summed E-state index contributed by atoms with van der Waals surface area (Å²) in [6.45, 7) is 2.28. The van der Waals surface area contributed by atoms with Crippen molar-refractivity contribution in [2.24, 2.45) is 0 Å². The normalized spacial score (nSPS) is 12.1. The second-order valence-electron chi connectivity index (χ2n) is 7.11. The summed E-state index contributed by atoms with van der Waals surface area (Å²) in [6.07, 6.45) is 1.64. The number of nitrogens with one attached hydrogen (secondary N) is 2. The van der Waals surface area contributed by atoms with Crippen LogP contribution in [0.5, 0.6) is 0 Å². The molecule has 3 aromatic rings. The van der Waals surface area contributed by atoms with Gasteiger partial charge in [-0.15, -0.1) is 0 Å². The SMILES string of the molecule is CCCn1c(=O)nc(N[C@@H](CO)Cc2ccccc2)c2[nH]c(CCC(=O)OOC)nc21. The number of hydrogen-bond acceptors (Lipinski definition) is 8. The third-order valence-electron chi connectivity index (χ3n) is 4.74. The molecular weight excluding hydrogens is 402 g/mol. The molecule has 0 radical (unpaired) electrons. The fourth-order valence-corrected chi connectivity index (χ4v) is 3.33. The van der Waals surface area contributed by atoms with Crippen LogP contribution in [0.15, 0.2) is 35.1 Å². The Balaban J connectivity index is 1.91. The van der Waals surface area contributed by atoms with Gasteiger partial charge in [-0.25, -0.2) is 14.6 Å². The first-order valence-electron chi connectivity index (χ1n) is 10.2. The minimum Gasteiger partial charge on any atom is -0.394 e. The molecule has 0 bridgehead atoms. The Morgan fingerprint density at radius 1 is 1.29 bits per heavy atom. The van der Waals surface area contributed by atoms with Crippen LogP contribution in [0.1, 0.15) is 31.2 Å². The first kappa shape index (κ1) is 22.4. The molecule has 0 saturated carbocycles. The van der Waals surface area contributed by atoms with Crippen LogP contribution in [-0.4, -0.2) is 50.4 Å². The van der Waals surface area contributed by atoms with Crippen LogP contribution < -0.4 is 11.0 Å². The molecule has 31 heavy (non-hydrogen) atoms. The highest BCUT2D eigenvalue weighted by atomic mass is 17.2. The van der Waals surface area contributed by atoms with Crippen molar-refractivity contribution in [3.05, 3.63) is 52.2 Å². The second-order valence-corrected chi connectivity index (χ2v) is 7.11. The summed E-state index contributed by atoms with van der Waals surface area (Å²) >= 11 is 0. The molecule has 0 aliphatic rings. The molecule has 0 unspecified atom stereocenters. The van der Waals surface area contributed by atoms with Gasteiger partial charge < -0.3 is 15.4 Å². The summed E-state index contributed by atoms with van der Waals surface area (Å²) < 4.78 is 1.50. The average Bonchev–Trinajstić information content (AvgIpc) is 3.20. The van der Waals surface area contributed by atoms with Gasteiger partial charge in [0.05, 0.1) is 26.2 Å². The predicted octanol–water partition coefficient (Wildman–Crippen LogP) is 1.58. The standard InChI is InChI=1S/C21H27N5O5/c1-3-11-26-20-18(23-16(24-20)9-10-17(28)31-30-2)19(25-21(26)29)22-15(13-27)12-14-7-5-4-6-8-14/h4-8,15,27H,3,9-13H2,1-2H3,(H,23,24)(H,22,25,29)/t15-/m1/s1. The first-order valence-corrected chi connectivity index (χ1v) is 10.2. The van der Waals surface area contributed by atoms with Gasteiger partial charge in [0, 0.05) is 13.0 Å². The Morgan fingerprint density at radius 3 is 2.74 bits per heavy atom. The number of aliphatic hydroxyl groups is 1. The number of aryl methyl sites for hydroxylation is 2. The van der Waals surface area contributed by atoms with Crippen molar-refractivity contribution >= 4 is 23.0 Å². The van der Waals surface area contributed by atoms with Gasteiger partial charge in [0.2, 0.25) is 0 Å². The Bertz CT molecular complexity index is 1060. The molecule has 3 N–H and O–H groups in total. The van der Waals surface area contributed by atoms with Crippen LogP contribution in [-0.2, 0) is 34.0 Å². The lowest BCUT2D eigenvalue weighted by Gasteiger charge is -2.18. The maximum absolute atomic E-state index is 12.6. The molecule has 0 fully saturated rings. The Kier molecular flexibility index (Phi) is 7.74. The van der Waals surface area contributed by atoms with Crippen molar-refractivity contribution in [2.75, 3.05) is 19.0 Å². The highest BCUT2D eigenvalue weighted by molar-refractivity contribution is 5.83. The minimum atomic E-state index is -0.520. The summed E-state index contributed by atoms with van der Waals surface area (Å²) in [5.74, 6) is 0.320. The number of benzene rings is 1. The Labute approximate surface area is 179 Å². The molecule has 3 rings (SSSR count). The van der Waals surface area contributed by atoms with Gasteiger partial charge >= 0.3 is 11.7 Å². The van der Waals surface area contributed by atoms with Crippen molar-refractivity contribution in [1.82, 2.24) is 19.5 Å². The molecule has 10 nitrogen and oxygen atoms in total. The maximum atomic E-state index is 12.6. The predicted molar refractivity (Wildman–Crippen MR) is 115 cm³/mol. The lowest BCUT2D eigenvalue weighted by Crippen LogP contribution is -2.30. The lowest BCUT2D eigenvalue weighted by atomic mass is 10.1. The number of H-pyrrole nitrogens is 1. The van der Waals surface area contributed by atoms with E-state index < -0.39 is 11.7 Å². The van der Waals surface area contributed by atoms with E-state index in [1.54, 1.807) is 0 Å². The number of aromatic nitrogens is 4. The van der Waals surface area contributed by atoms with Gasteiger partial charge in [-0.3, -0.25) is 9.45 Å². The fraction of sp³-hybridized carbons (Fsp3) is 0.429. The van der Waals surface area contributed by atoms with E-state index in [0.717, 1.165) is 12.0 Å². The van der Waals surface area contributed by atoms with Crippen molar-refractivity contribution in [3.8, 4) is 0 Å². The third-order valence-corrected chi connectivity index (χ3v) is 4.74. The van der Waals surface area contributed by atoms with Crippen LogP contribution in [0.4, 0.5) is 5.82 Å². The number of anilines is 1. The Hall–Kier alpha value is -3.24. The van der Waals surface area contributed by atoms with Crippen LogP contribution >= 0.6 is 0 Å². The summed E-state index contributed by atoms with van der Waals surface area (Å²) in [5.41, 5.74) is 1.63. The molecule has 0 spiro atoms. The fourth-order valence-electron chi connectivity index (χ4n) is 3.33. The molecule has 2 heterocycles. The van der Waals surface area contributed by atoms with E-state index >= 15 is 0 Å². The highest BCUT2D eigenvalue weighted by Crippen LogP contribution is 2.20. The van der Waals surface area contributed by atoms with Gasteiger partial charge in [-0.05, 0) is 18.4 Å². The molecule has 1 aromatic carbocycles. The monoisotopic (exact) mass is 429 g/mol. The van der Waals surface area contributed by atoms with E-state index in [1.165, 1.54) is 11.7 Å². The van der Waals surface area contributed by atoms with E-state index in [9.17, 15) is 14.7 Å². The minimum absolute atomic E-state index is 0.0646. The van der Waals surface area contributed by atoms with E-state index in [2.05, 4.69) is 30.0 Å². The number of carbonyl (C=O) groups is 1. The number of aromatic amines is 1. The lowest BCUT2D eigenvalue weighted by molar-refractivity contribution is -0.254. The van der Waals surface area contributed by atoms with Gasteiger partial charge in [0.15, 0.2) is 11.5 Å². The number of hydrogen-bond donors (Lipinski definition) is 3. The molecule has 1 atom stereocenters.